The molecule has 0 spiro atoms. The van der Waals surface area contributed by atoms with Crippen LogP contribution < -0.4 is 10.6 Å². The quantitative estimate of drug-likeness (QED) is 0.702. The number of hydrogen-bond donors (Lipinski definition) is 2. The summed E-state index contributed by atoms with van der Waals surface area (Å²) in [5, 5.41) is 5.34. The molecule has 5 nitrogen and oxygen atoms in total. The van der Waals surface area contributed by atoms with Gasteiger partial charge in [-0.1, -0.05) is 0 Å². The van der Waals surface area contributed by atoms with Gasteiger partial charge in [0.15, 0.2) is 0 Å². The summed E-state index contributed by atoms with van der Waals surface area (Å²) >= 11 is 0. The monoisotopic (exact) mass is 230 g/mol. The van der Waals surface area contributed by atoms with Crippen LogP contribution in [0, 0.1) is 0 Å². The average molecular weight is 230 g/mol. The first-order chi connectivity index (χ1) is 7.31. The van der Waals surface area contributed by atoms with E-state index >= 15 is 0 Å². The molecule has 0 radical (unpaired) electrons. The maximum Gasteiger partial charge on any atom is 0.407 e. The second kappa shape index (κ2) is 7.09. The molecule has 0 saturated carbocycles. The molecule has 0 saturated heterocycles. The number of carbonyl (C=O) groups excluding carboxylic acids is 2. The van der Waals surface area contributed by atoms with Crippen LogP contribution in [0.3, 0.4) is 0 Å². The van der Waals surface area contributed by atoms with Crippen molar-refractivity contribution in [2.75, 3.05) is 13.1 Å². The number of rotatable bonds is 5. The fraction of sp³-hybridized carbons (Fsp3) is 0.818. The van der Waals surface area contributed by atoms with Crippen LogP contribution in [0.2, 0.25) is 0 Å². The van der Waals surface area contributed by atoms with Gasteiger partial charge in [-0.2, -0.15) is 0 Å². The summed E-state index contributed by atoms with van der Waals surface area (Å²) in [4.78, 5) is 21.7. The van der Waals surface area contributed by atoms with Crippen LogP contribution in [-0.2, 0) is 9.53 Å². The largest absolute Gasteiger partial charge is 0.444 e. The van der Waals surface area contributed by atoms with E-state index in [4.69, 9.17) is 4.74 Å². The number of unbranched alkanes of at least 4 members (excludes halogenated alkanes) is 1. The highest BCUT2D eigenvalue weighted by atomic mass is 16.6. The molecule has 0 heterocycles. The van der Waals surface area contributed by atoms with Gasteiger partial charge in [0.2, 0.25) is 5.91 Å². The van der Waals surface area contributed by atoms with Crippen molar-refractivity contribution in [2.45, 2.75) is 46.1 Å². The predicted octanol–water partition coefficient (Wildman–Crippen LogP) is 1.43. The smallest absolute Gasteiger partial charge is 0.407 e. The minimum Gasteiger partial charge on any atom is -0.444 e. The number of hydrogen-bond acceptors (Lipinski definition) is 3. The Labute approximate surface area is 96.9 Å². The Balaban J connectivity index is 3.38. The number of amides is 2. The third kappa shape index (κ3) is 10.8. The molecule has 2 amide bonds. The van der Waals surface area contributed by atoms with E-state index in [-0.39, 0.29) is 5.91 Å². The van der Waals surface area contributed by atoms with Crippen molar-refractivity contribution in [1.82, 2.24) is 10.6 Å². The predicted molar refractivity (Wildman–Crippen MR) is 62.2 cm³/mol. The minimum atomic E-state index is -0.458. The van der Waals surface area contributed by atoms with Crippen molar-refractivity contribution in [2.24, 2.45) is 0 Å². The molecular weight excluding hydrogens is 208 g/mol. The van der Waals surface area contributed by atoms with Gasteiger partial charge in [-0.25, -0.2) is 4.79 Å². The third-order valence-corrected chi connectivity index (χ3v) is 1.65. The lowest BCUT2D eigenvalue weighted by molar-refractivity contribution is -0.118. The summed E-state index contributed by atoms with van der Waals surface area (Å²) in [6, 6.07) is 0. The van der Waals surface area contributed by atoms with Crippen molar-refractivity contribution in [1.29, 1.82) is 0 Å². The molecule has 0 aromatic heterocycles. The van der Waals surface area contributed by atoms with Gasteiger partial charge in [-0.15, -0.1) is 0 Å². The Morgan fingerprint density at radius 3 is 2.00 bits per heavy atom. The molecule has 0 atom stereocenters. The number of nitrogens with one attached hydrogen (secondary N) is 2. The van der Waals surface area contributed by atoms with E-state index in [9.17, 15) is 9.59 Å². The van der Waals surface area contributed by atoms with E-state index in [2.05, 4.69) is 10.6 Å². The Bertz CT molecular complexity index is 234. The molecule has 0 aromatic rings. The van der Waals surface area contributed by atoms with E-state index in [1.54, 1.807) is 0 Å². The van der Waals surface area contributed by atoms with Crippen LogP contribution in [0.1, 0.15) is 40.5 Å². The molecule has 0 rings (SSSR count). The van der Waals surface area contributed by atoms with Gasteiger partial charge in [-0.05, 0) is 33.6 Å². The van der Waals surface area contributed by atoms with Crippen molar-refractivity contribution in [3.63, 3.8) is 0 Å². The molecule has 0 fully saturated rings. The van der Waals surface area contributed by atoms with Crippen molar-refractivity contribution in [3.05, 3.63) is 0 Å². The van der Waals surface area contributed by atoms with Gasteiger partial charge in [0.1, 0.15) is 5.60 Å². The molecular formula is C11H22N2O3. The molecule has 2 N–H and O–H groups in total. The maximum absolute atomic E-state index is 11.2. The summed E-state index contributed by atoms with van der Waals surface area (Å²) in [5.41, 5.74) is -0.458. The summed E-state index contributed by atoms with van der Waals surface area (Å²) in [6.07, 6.45) is 1.27. The number of alkyl carbamates (subject to hydrolysis) is 1. The second-order valence-electron chi connectivity index (χ2n) is 4.62. The SMILES string of the molecule is CC(=O)NCCCCNC(=O)OC(C)(C)C. The minimum absolute atomic E-state index is 0.0277. The zero-order valence-corrected chi connectivity index (χ0v) is 10.6. The maximum atomic E-state index is 11.2. The number of carbonyl (C=O) groups is 2. The summed E-state index contributed by atoms with van der Waals surface area (Å²) in [5.74, 6) is -0.0277. The summed E-state index contributed by atoms with van der Waals surface area (Å²) in [7, 11) is 0. The first-order valence-electron chi connectivity index (χ1n) is 5.52. The van der Waals surface area contributed by atoms with E-state index in [0.29, 0.717) is 13.1 Å². The van der Waals surface area contributed by atoms with Crippen LogP contribution >= 0.6 is 0 Å². The van der Waals surface area contributed by atoms with Gasteiger partial charge in [0, 0.05) is 20.0 Å². The molecule has 0 aromatic carbocycles. The van der Waals surface area contributed by atoms with Crippen LogP contribution in [0.15, 0.2) is 0 Å². The van der Waals surface area contributed by atoms with Gasteiger partial charge in [0.05, 0.1) is 0 Å². The first kappa shape index (κ1) is 14.7. The van der Waals surface area contributed by atoms with Gasteiger partial charge in [-0.3, -0.25) is 4.79 Å². The lowest BCUT2D eigenvalue weighted by atomic mass is 10.2. The van der Waals surface area contributed by atoms with Crippen LogP contribution in [0.5, 0.6) is 0 Å². The zero-order chi connectivity index (χ0) is 12.6. The molecule has 0 aliphatic rings. The normalized spacial score (nSPS) is 10.8. The molecule has 94 valence electrons. The molecule has 0 unspecified atom stereocenters. The van der Waals surface area contributed by atoms with Crippen LogP contribution in [0.4, 0.5) is 4.79 Å². The van der Waals surface area contributed by atoms with E-state index < -0.39 is 11.7 Å². The molecule has 16 heavy (non-hydrogen) atoms. The number of ether oxygens (including phenoxy) is 1. The fourth-order valence-electron chi connectivity index (χ4n) is 1.02. The molecule has 5 heteroatoms. The summed E-state index contributed by atoms with van der Waals surface area (Å²) in [6.45, 7) is 8.16. The highest BCUT2D eigenvalue weighted by Gasteiger charge is 2.15. The van der Waals surface area contributed by atoms with Gasteiger partial charge < -0.3 is 15.4 Å². The fourth-order valence-corrected chi connectivity index (χ4v) is 1.02. The van der Waals surface area contributed by atoms with E-state index in [0.717, 1.165) is 12.8 Å². The first-order valence-corrected chi connectivity index (χ1v) is 5.52. The highest BCUT2D eigenvalue weighted by molar-refractivity contribution is 5.72. The Morgan fingerprint density at radius 2 is 1.56 bits per heavy atom. The van der Waals surface area contributed by atoms with Crippen LogP contribution in [0.25, 0.3) is 0 Å². The molecule has 0 aliphatic heterocycles. The molecule has 0 bridgehead atoms. The Kier molecular flexibility index (Phi) is 6.53. The Hall–Kier alpha value is -1.26. The summed E-state index contributed by atoms with van der Waals surface area (Å²) < 4.78 is 5.06. The average Bonchev–Trinajstić information content (AvgIpc) is 2.07. The van der Waals surface area contributed by atoms with Gasteiger partial charge >= 0.3 is 6.09 Å². The lowest BCUT2D eigenvalue weighted by Gasteiger charge is -2.19. The standard InChI is InChI=1S/C11H22N2O3/c1-9(14)12-7-5-6-8-13-10(15)16-11(2,3)4/h5-8H2,1-4H3,(H,12,14)(H,13,15). The topological polar surface area (TPSA) is 67.4 Å². The lowest BCUT2D eigenvalue weighted by Crippen LogP contribution is -2.33. The van der Waals surface area contributed by atoms with Crippen molar-refractivity contribution in [3.8, 4) is 0 Å². The van der Waals surface area contributed by atoms with E-state index in [1.807, 2.05) is 20.8 Å². The molecule has 0 aliphatic carbocycles. The van der Waals surface area contributed by atoms with Crippen molar-refractivity contribution < 1.29 is 14.3 Å². The van der Waals surface area contributed by atoms with Gasteiger partial charge in [0.25, 0.3) is 0 Å². The van der Waals surface area contributed by atoms with Crippen LogP contribution in [-0.4, -0.2) is 30.7 Å². The van der Waals surface area contributed by atoms with Crippen molar-refractivity contribution >= 4 is 12.0 Å². The zero-order valence-electron chi connectivity index (χ0n) is 10.6. The highest BCUT2D eigenvalue weighted by Crippen LogP contribution is 2.06. The second-order valence-corrected chi connectivity index (χ2v) is 4.62. The Morgan fingerprint density at radius 1 is 1.06 bits per heavy atom. The third-order valence-electron chi connectivity index (χ3n) is 1.65. The van der Waals surface area contributed by atoms with E-state index in [1.165, 1.54) is 6.92 Å².